The van der Waals surface area contributed by atoms with Gasteiger partial charge in [0.15, 0.2) is 0 Å². The van der Waals surface area contributed by atoms with Gasteiger partial charge in [-0.25, -0.2) is 9.59 Å². The minimum absolute atomic E-state index is 0.0697. The molecule has 0 saturated carbocycles. The summed E-state index contributed by atoms with van der Waals surface area (Å²) >= 11 is 0. The Balaban J connectivity index is 2.14. The molecule has 1 aliphatic rings. The van der Waals surface area contributed by atoms with Crippen molar-refractivity contribution in [1.29, 1.82) is 0 Å². The summed E-state index contributed by atoms with van der Waals surface area (Å²) in [7, 11) is 1.69. The molecule has 1 aromatic heterocycles. The Hall–Kier alpha value is -2.90. The molecule has 8 nitrogen and oxygen atoms in total. The lowest BCUT2D eigenvalue weighted by Gasteiger charge is -2.26. The number of rotatable bonds is 2. The molecule has 21 heavy (non-hydrogen) atoms. The Morgan fingerprint density at radius 1 is 1.38 bits per heavy atom. The van der Waals surface area contributed by atoms with Crippen LogP contribution in [0.25, 0.3) is 10.9 Å². The molecule has 3 rings (SSSR count). The summed E-state index contributed by atoms with van der Waals surface area (Å²) in [4.78, 5) is 35.8. The van der Waals surface area contributed by atoms with Crippen molar-refractivity contribution in [2.75, 3.05) is 11.4 Å². The first-order chi connectivity index (χ1) is 9.97. The molecule has 1 aliphatic heterocycles. The van der Waals surface area contributed by atoms with Crippen molar-refractivity contribution < 1.29 is 19.5 Å². The van der Waals surface area contributed by atoms with Gasteiger partial charge in [0.25, 0.3) is 0 Å². The second kappa shape index (κ2) is 4.58. The number of carbonyl (C=O) groups is 3. The third-order valence-corrected chi connectivity index (χ3v) is 3.45. The fourth-order valence-electron chi connectivity index (χ4n) is 2.38. The van der Waals surface area contributed by atoms with Crippen molar-refractivity contribution in [2.24, 2.45) is 7.05 Å². The van der Waals surface area contributed by atoms with Crippen LogP contribution in [-0.2, 0) is 11.8 Å². The molecular weight excluding hydrogens is 276 g/mol. The van der Waals surface area contributed by atoms with E-state index in [2.05, 4.69) is 10.4 Å². The molecule has 0 atom stereocenters. The van der Waals surface area contributed by atoms with Crippen molar-refractivity contribution >= 4 is 34.5 Å². The third-order valence-electron chi connectivity index (χ3n) is 3.45. The monoisotopic (exact) mass is 288 g/mol. The number of anilines is 1. The lowest BCUT2D eigenvalue weighted by molar-refractivity contribution is -0.120. The lowest BCUT2D eigenvalue weighted by atomic mass is 10.1. The van der Waals surface area contributed by atoms with Gasteiger partial charge in [-0.2, -0.15) is 5.10 Å². The zero-order valence-electron chi connectivity index (χ0n) is 11.2. The van der Waals surface area contributed by atoms with Crippen LogP contribution in [0.2, 0.25) is 0 Å². The van der Waals surface area contributed by atoms with E-state index in [1.165, 1.54) is 21.8 Å². The van der Waals surface area contributed by atoms with Gasteiger partial charge in [-0.3, -0.25) is 19.7 Å². The average molecular weight is 288 g/mol. The topological polar surface area (TPSA) is 105 Å². The number of amides is 3. The smallest absolute Gasteiger partial charge is 0.336 e. The molecule has 0 unspecified atom stereocenters. The van der Waals surface area contributed by atoms with Crippen LogP contribution in [0.4, 0.5) is 10.5 Å². The molecule has 2 heterocycles. The van der Waals surface area contributed by atoms with Crippen molar-refractivity contribution in [3.05, 3.63) is 23.9 Å². The molecule has 1 aromatic carbocycles. The molecule has 1 saturated heterocycles. The summed E-state index contributed by atoms with van der Waals surface area (Å²) in [6.45, 7) is 0.215. The van der Waals surface area contributed by atoms with E-state index in [1.54, 1.807) is 13.1 Å². The van der Waals surface area contributed by atoms with Gasteiger partial charge in [-0.05, 0) is 12.1 Å². The highest BCUT2D eigenvalue weighted by Gasteiger charge is 2.26. The zero-order chi connectivity index (χ0) is 15.1. The molecule has 0 bridgehead atoms. The summed E-state index contributed by atoms with van der Waals surface area (Å²) in [5.41, 5.74) is 1.10. The minimum Gasteiger partial charge on any atom is -0.478 e. The number of urea groups is 1. The molecule has 108 valence electrons. The number of aryl methyl sites for hydroxylation is 1. The molecule has 8 heteroatoms. The van der Waals surface area contributed by atoms with Crippen molar-refractivity contribution in [1.82, 2.24) is 15.1 Å². The van der Waals surface area contributed by atoms with Crippen LogP contribution < -0.4 is 10.2 Å². The van der Waals surface area contributed by atoms with E-state index in [0.29, 0.717) is 16.6 Å². The summed E-state index contributed by atoms with van der Waals surface area (Å²) in [5.74, 6) is -1.43. The number of nitrogens with one attached hydrogen (secondary N) is 1. The van der Waals surface area contributed by atoms with Crippen molar-refractivity contribution in [3.63, 3.8) is 0 Å². The normalized spacial score (nSPS) is 15.4. The first kappa shape index (κ1) is 13.1. The highest BCUT2D eigenvalue weighted by atomic mass is 16.4. The Kier molecular flexibility index (Phi) is 2.86. The quantitative estimate of drug-likeness (QED) is 0.847. The number of nitrogens with zero attached hydrogens (tertiary/aromatic N) is 3. The maximum absolute atomic E-state index is 11.9. The van der Waals surface area contributed by atoms with E-state index in [4.69, 9.17) is 0 Å². The maximum atomic E-state index is 11.9. The maximum Gasteiger partial charge on any atom is 0.336 e. The van der Waals surface area contributed by atoms with Gasteiger partial charge < -0.3 is 5.11 Å². The van der Waals surface area contributed by atoms with Crippen molar-refractivity contribution in [3.8, 4) is 0 Å². The number of carboxylic acids is 1. The predicted molar refractivity (Wildman–Crippen MR) is 73.2 cm³/mol. The highest BCUT2D eigenvalue weighted by molar-refractivity contribution is 6.09. The van der Waals surface area contributed by atoms with Gasteiger partial charge in [-0.1, -0.05) is 0 Å². The molecule has 1 fully saturated rings. The molecule has 2 aromatic rings. The second-order valence-corrected chi connectivity index (χ2v) is 4.75. The van der Waals surface area contributed by atoms with E-state index in [9.17, 15) is 19.5 Å². The highest BCUT2D eigenvalue weighted by Crippen LogP contribution is 2.27. The molecular formula is C13H12N4O4. The summed E-state index contributed by atoms with van der Waals surface area (Å²) in [5, 5.41) is 16.1. The van der Waals surface area contributed by atoms with Gasteiger partial charge in [0.1, 0.15) is 0 Å². The molecule has 0 aliphatic carbocycles. The predicted octanol–water partition coefficient (Wildman–Crippen LogP) is 0.718. The third kappa shape index (κ3) is 2.10. The molecule has 0 spiro atoms. The number of imide groups is 1. The van der Waals surface area contributed by atoms with Gasteiger partial charge in [-0.15, -0.1) is 0 Å². The Labute approximate surface area is 118 Å². The second-order valence-electron chi connectivity index (χ2n) is 4.75. The summed E-state index contributed by atoms with van der Waals surface area (Å²) < 4.78 is 1.54. The number of benzene rings is 1. The number of fused-ring (bicyclic) bond motifs is 1. The fraction of sp³-hybridized carbons (Fsp3) is 0.231. The Bertz CT molecular complexity index is 780. The summed E-state index contributed by atoms with van der Waals surface area (Å²) in [6, 6.07) is 2.55. The Morgan fingerprint density at radius 2 is 2.14 bits per heavy atom. The van der Waals surface area contributed by atoms with Crippen LogP contribution in [0.15, 0.2) is 18.3 Å². The largest absolute Gasteiger partial charge is 0.478 e. The zero-order valence-corrected chi connectivity index (χ0v) is 11.2. The van der Waals surface area contributed by atoms with E-state index in [1.807, 2.05) is 0 Å². The molecule has 2 N–H and O–H groups in total. The molecule has 0 radical (unpaired) electrons. The van der Waals surface area contributed by atoms with Crippen LogP contribution in [-0.4, -0.2) is 39.3 Å². The van der Waals surface area contributed by atoms with Crippen molar-refractivity contribution in [2.45, 2.75) is 6.42 Å². The van der Waals surface area contributed by atoms with E-state index >= 15 is 0 Å². The lowest BCUT2D eigenvalue weighted by Crippen LogP contribution is -2.49. The van der Waals surface area contributed by atoms with Gasteiger partial charge in [0.05, 0.1) is 17.3 Å². The van der Waals surface area contributed by atoms with Gasteiger partial charge >= 0.3 is 12.0 Å². The van der Waals surface area contributed by atoms with E-state index in [-0.39, 0.29) is 24.4 Å². The standard InChI is InChI=1S/C13H12N4O4/c1-16-10-5-7(17-3-2-11(18)15-13(17)21)4-8(12(19)20)9(10)6-14-16/h4-6H,2-3H2,1H3,(H,19,20)(H,15,18,21). The first-order valence-corrected chi connectivity index (χ1v) is 6.28. The number of carboxylic acid groups (broad SMARTS) is 1. The average Bonchev–Trinajstić information content (AvgIpc) is 2.79. The van der Waals surface area contributed by atoms with E-state index < -0.39 is 12.0 Å². The molecule has 3 amide bonds. The first-order valence-electron chi connectivity index (χ1n) is 6.28. The fourth-order valence-corrected chi connectivity index (χ4v) is 2.38. The van der Waals surface area contributed by atoms with Crippen LogP contribution in [0, 0.1) is 0 Å². The minimum atomic E-state index is -1.09. The number of aromatic carboxylic acids is 1. The summed E-state index contributed by atoms with van der Waals surface area (Å²) in [6.07, 6.45) is 1.65. The van der Waals surface area contributed by atoms with Crippen LogP contribution in [0.5, 0.6) is 0 Å². The SMILES string of the molecule is Cn1ncc2c(C(=O)O)cc(N3CCC(=O)NC3=O)cc21. The Morgan fingerprint density at radius 3 is 2.81 bits per heavy atom. The number of carbonyl (C=O) groups excluding carboxylic acids is 2. The van der Waals surface area contributed by atoms with Gasteiger partial charge in [0, 0.05) is 31.1 Å². The van der Waals surface area contributed by atoms with Crippen LogP contribution in [0.3, 0.4) is 0 Å². The number of hydrogen-bond donors (Lipinski definition) is 2. The number of aromatic nitrogens is 2. The van der Waals surface area contributed by atoms with Crippen LogP contribution in [0.1, 0.15) is 16.8 Å². The number of hydrogen-bond acceptors (Lipinski definition) is 4. The van der Waals surface area contributed by atoms with Crippen LogP contribution >= 0.6 is 0 Å². The van der Waals surface area contributed by atoms with Gasteiger partial charge in [0.2, 0.25) is 5.91 Å². The van der Waals surface area contributed by atoms with E-state index in [0.717, 1.165) is 0 Å².